The first-order valence-corrected chi connectivity index (χ1v) is 10.4. The van der Waals surface area contributed by atoms with Crippen LogP contribution in [0.15, 0.2) is 86.7 Å². The Labute approximate surface area is 185 Å². The molecule has 2 N–H and O–H groups in total. The molecule has 2 aromatic carbocycles. The Morgan fingerprint density at radius 2 is 1.97 bits per heavy atom. The van der Waals surface area contributed by atoms with Gasteiger partial charge in [-0.3, -0.25) is 0 Å². The fourth-order valence-electron chi connectivity index (χ4n) is 3.71. The van der Waals surface area contributed by atoms with Gasteiger partial charge in [0.1, 0.15) is 27.9 Å². The third-order valence-electron chi connectivity index (χ3n) is 5.10. The standard InChI is InChI=1S/C24H14N2O5S/c25-12-16-19(13-5-3-6-14(11-13)29-23(27)18-9-4-10-32-18)20-21(31-22(16)26)15-7-1-2-8-17(15)30-24(20)28/h1-11,19H,26H2/t19-/m1/s1. The number of fused-ring (bicyclic) bond motifs is 3. The zero-order valence-electron chi connectivity index (χ0n) is 16.4. The molecule has 0 amide bonds. The second-order valence-corrected chi connectivity index (χ2v) is 7.94. The van der Waals surface area contributed by atoms with Crippen LogP contribution in [0.4, 0.5) is 0 Å². The van der Waals surface area contributed by atoms with Crippen LogP contribution < -0.4 is 20.8 Å². The summed E-state index contributed by atoms with van der Waals surface area (Å²) in [6, 6.07) is 19.0. The van der Waals surface area contributed by atoms with Crippen molar-refractivity contribution in [2.45, 2.75) is 5.92 Å². The second kappa shape index (κ2) is 7.72. The molecule has 5 rings (SSSR count). The SMILES string of the molecule is N#CC1=C(N)Oc2c(c(=O)oc3ccccc23)[C@@H]1c1cccc(OC(=O)c2cccs2)c1. The van der Waals surface area contributed by atoms with E-state index in [1.54, 1.807) is 66.0 Å². The van der Waals surface area contributed by atoms with E-state index in [0.717, 1.165) is 0 Å². The van der Waals surface area contributed by atoms with Crippen molar-refractivity contribution in [1.29, 1.82) is 5.26 Å². The number of nitrogens with two attached hydrogens (primary N) is 1. The molecule has 0 spiro atoms. The number of thiophene rings is 1. The van der Waals surface area contributed by atoms with Gasteiger partial charge in [-0.05, 0) is 41.3 Å². The molecule has 0 aliphatic carbocycles. The van der Waals surface area contributed by atoms with E-state index < -0.39 is 17.5 Å². The minimum atomic E-state index is -0.843. The maximum atomic E-state index is 12.9. The van der Waals surface area contributed by atoms with Crippen LogP contribution in [0.5, 0.6) is 11.5 Å². The molecule has 0 saturated heterocycles. The van der Waals surface area contributed by atoms with Crippen LogP contribution in [0.25, 0.3) is 11.0 Å². The van der Waals surface area contributed by atoms with Crippen LogP contribution in [0.2, 0.25) is 0 Å². The first kappa shape index (κ1) is 19.6. The van der Waals surface area contributed by atoms with Crippen molar-refractivity contribution in [3.05, 3.63) is 104 Å². The van der Waals surface area contributed by atoms with Gasteiger partial charge in [0.2, 0.25) is 5.88 Å². The summed E-state index contributed by atoms with van der Waals surface area (Å²) in [5.41, 5.74) is 6.56. The van der Waals surface area contributed by atoms with Crippen molar-refractivity contribution >= 4 is 28.3 Å². The number of ether oxygens (including phenoxy) is 2. The zero-order chi connectivity index (χ0) is 22.2. The molecule has 0 unspecified atom stereocenters. The molecule has 0 fully saturated rings. The first-order chi connectivity index (χ1) is 15.6. The van der Waals surface area contributed by atoms with E-state index in [1.165, 1.54) is 11.3 Å². The fourth-order valence-corrected chi connectivity index (χ4v) is 4.31. The third kappa shape index (κ3) is 3.21. The monoisotopic (exact) mass is 442 g/mol. The number of para-hydroxylation sites is 1. The third-order valence-corrected chi connectivity index (χ3v) is 5.95. The minimum Gasteiger partial charge on any atom is -0.439 e. The molecule has 1 aliphatic heterocycles. The second-order valence-electron chi connectivity index (χ2n) is 6.99. The van der Waals surface area contributed by atoms with E-state index in [2.05, 4.69) is 0 Å². The lowest BCUT2D eigenvalue weighted by Crippen LogP contribution is -2.26. The molecular formula is C24H14N2O5S. The van der Waals surface area contributed by atoms with Crippen molar-refractivity contribution in [2.75, 3.05) is 0 Å². The average Bonchev–Trinajstić information content (AvgIpc) is 3.34. The van der Waals surface area contributed by atoms with Gasteiger partial charge < -0.3 is 19.6 Å². The number of rotatable bonds is 3. The van der Waals surface area contributed by atoms with Crippen LogP contribution in [0, 0.1) is 11.3 Å². The molecule has 0 radical (unpaired) electrons. The van der Waals surface area contributed by atoms with Gasteiger partial charge in [-0.2, -0.15) is 5.26 Å². The smallest absolute Gasteiger partial charge is 0.353 e. The van der Waals surface area contributed by atoms with E-state index in [-0.39, 0.29) is 28.5 Å². The van der Waals surface area contributed by atoms with E-state index in [9.17, 15) is 14.9 Å². The van der Waals surface area contributed by atoms with Gasteiger partial charge in [-0.1, -0.05) is 30.3 Å². The summed E-state index contributed by atoms with van der Waals surface area (Å²) in [6.45, 7) is 0. The molecule has 156 valence electrons. The molecule has 0 saturated carbocycles. The summed E-state index contributed by atoms with van der Waals surface area (Å²) in [7, 11) is 0. The highest BCUT2D eigenvalue weighted by Gasteiger charge is 2.35. The molecule has 4 aromatic rings. The maximum absolute atomic E-state index is 12.9. The number of carbonyl (C=O) groups excluding carboxylic acids is 1. The quantitative estimate of drug-likeness (QED) is 0.286. The molecule has 1 atom stereocenters. The number of hydrogen-bond donors (Lipinski definition) is 1. The summed E-state index contributed by atoms with van der Waals surface area (Å²) in [5.74, 6) is -0.911. The van der Waals surface area contributed by atoms with Gasteiger partial charge in [-0.15, -0.1) is 11.3 Å². The van der Waals surface area contributed by atoms with Gasteiger partial charge in [0, 0.05) is 0 Å². The highest BCUT2D eigenvalue weighted by atomic mass is 32.1. The number of nitrogens with zero attached hydrogens (tertiary/aromatic N) is 1. The Morgan fingerprint density at radius 1 is 1.12 bits per heavy atom. The predicted molar refractivity (Wildman–Crippen MR) is 118 cm³/mol. The first-order valence-electron chi connectivity index (χ1n) is 9.56. The average molecular weight is 442 g/mol. The largest absolute Gasteiger partial charge is 0.439 e. The number of carbonyl (C=O) groups is 1. The van der Waals surface area contributed by atoms with Crippen LogP contribution in [0.3, 0.4) is 0 Å². The molecule has 0 bridgehead atoms. The molecule has 2 aromatic heterocycles. The van der Waals surface area contributed by atoms with Gasteiger partial charge in [-0.25, -0.2) is 9.59 Å². The van der Waals surface area contributed by atoms with Crippen LogP contribution in [-0.2, 0) is 0 Å². The highest BCUT2D eigenvalue weighted by Crippen LogP contribution is 2.43. The van der Waals surface area contributed by atoms with Crippen molar-refractivity contribution in [1.82, 2.24) is 0 Å². The van der Waals surface area contributed by atoms with Gasteiger partial charge >= 0.3 is 11.6 Å². The van der Waals surface area contributed by atoms with Crippen LogP contribution >= 0.6 is 11.3 Å². The zero-order valence-corrected chi connectivity index (χ0v) is 17.2. The Balaban J connectivity index is 1.65. The lowest BCUT2D eigenvalue weighted by molar-refractivity contribution is 0.0739. The van der Waals surface area contributed by atoms with Crippen molar-refractivity contribution in [3.8, 4) is 17.6 Å². The molecule has 7 nitrogen and oxygen atoms in total. The number of nitriles is 1. The van der Waals surface area contributed by atoms with Gasteiger partial charge in [0.15, 0.2) is 5.75 Å². The molecular weight excluding hydrogens is 428 g/mol. The Bertz CT molecular complexity index is 1500. The molecule has 8 heteroatoms. The minimum absolute atomic E-state index is 0.0711. The van der Waals surface area contributed by atoms with E-state index in [1.807, 2.05) is 6.07 Å². The lowest BCUT2D eigenvalue weighted by Gasteiger charge is -2.26. The molecule has 32 heavy (non-hydrogen) atoms. The number of hydrogen-bond acceptors (Lipinski definition) is 8. The fraction of sp³-hybridized carbons (Fsp3) is 0.0417. The molecule has 1 aliphatic rings. The summed E-state index contributed by atoms with van der Waals surface area (Å²) in [4.78, 5) is 25.8. The van der Waals surface area contributed by atoms with E-state index in [0.29, 0.717) is 21.4 Å². The number of esters is 1. The predicted octanol–water partition coefficient (Wildman–Crippen LogP) is 4.29. The van der Waals surface area contributed by atoms with Gasteiger partial charge in [0.05, 0.1) is 16.9 Å². The Morgan fingerprint density at radius 3 is 2.75 bits per heavy atom. The van der Waals surface area contributed by atoms with E-state index >= 15 is 0 Å². The Kier molecular flexibility index (Phi) is 4.73. The lowest BCUT2D eigenvalue weighted by atomic mass is 9.84. The Hall–Kier alpha value is -4.35. The van der Waals surface area contributed by atoms with Crippen molar-refractivity contribution in [3.63, 3.8) is 0 Å². The number of benzene rings is 2. The summed E-state index contributed by atoms with van der Waals surface area (Å²) >= 11 is 1.27. The maximum Gasteiger partial charge on any atom is 0.353 e. The topological polar surface area (TPSA) is 116 Å². The summed E-state index contributed by atoms with van der Waals surface area (Å²) in [6.07, 6.45) is 0. The van der Waals surface area contributed by atoms with Crippen molar-refractivity contribution < 1.29 is 18.7 Å². The number of allylic oxidation sites excluding steroid dienone is 1. The van der Waals surface area contributed by atoms with Crippen LogP contribution in [0.1, 0.15) is 26.7 Å². The normalized spacial score (nSPS) is 15.0. The van der Waals surface area contributed by atoms with Crippen LogP contribution in [-0.4, -0.2) is 5.97 Å². The van der Waals surface area contributed by atoms with Gasteiger partial charge in [0.25, 0.3) is 0 Å². The summed E-state index contributed by atoms with van der Waals surface area (Å²) < 4.78 is 16.7. The van der Waals surface area contributed by atoms with Crippen molar-refractivity contribution in [2.24, 2.45) is 5.73 Å². The highest BCUT2D eigenvalue weighted by molar-refractivity contribution is 7.12. The summed E-state index contributed by atoms with van der Waals surface area (Å²) in [5, 5.41) is 12.1. The van der Waals surface area contributed by atoms with E-state index in [4.69, 9.17) is 19.6 Å². The molecule has 3 heterocycles.